The molecule has 0 aliphatic heterocycles. The SMILES string of the molecule is CC(C)Oc1cc2ccccc2cc1CCNC(=O)O. The summed E-state index contributed by atoms with van der Waals surface area (Å²) in [5.74, 6) is 0.825. The molecule has 0 unspecified atom stereocenters. The Morgan fingerprint density at radius 3 is 2.50 bits per heavy atom. The first kappa shape index (κ1) is 14.2. The molecule has 20 heavy (non-hydrogen) atoms. The van der Waals surface area contributed by atoms with Crippen LogP contribution in [0.1, 0.15) is 19.4 Å². The van der Waals surface area contributed by atoms with Crippen molar-refractivity contribution in [1.29, 1.82) is 0 Å². The Bertz CT molecular complexity index is 608. The van der Waals surface area contributed by atoms with Crippen molar-refractivity contribution < 1.29 is 14.6 Å². The minimum Gasteiger partial charge on any atom is -0.491 e. The van der Waals surface area contributed by atoms with Gasteiger partial charge in [-0.2, -0.15) is 0 Å². The molecule has 0 fully saturated rings. The number of carboxylic acid groups (broad SMARTS) is 1. The molecule has 1 amide bonds. The molecule has 0 heterocycles. The molecule has 106 valence electrons. The fraction of sp³-hybridized carbons (Fsp3) is 0.312. The first-order valence-electron chi connectivity index (χ1n) is 6.71. The van der Waals surface area contributed by atoms with Gasteiger partial charge in [0.25, 0.3) is 0 Å². The number of hydrogen-bond donors (Lipinski definition) is 2. The average Bonchev–Trinajstić information content (AvgIpc) is 2.38. The van der Waals surface area contributed by atoms with Crippen LogP contribution in [0.25, 0.3) is 10.8 Å². The lowest BCUT2D eigenvalue weighted by atomic mass is 10.0. The Labute approximate surface area is 118 Å². The van der Waals surface area contributed by atoms with Gasteiger partial charge in [-0.05, 0) is 48.7 Å². The molecule has 0 aliphatic rings. The number of amides is 1. The minimum atomic E-state index is -1.00. The summed E-state index contributed by atoms with van der Waals surface area (Å²) in [5, 5.41) is 13.3. The van der Waals surface area contributed by atoms with Crippen LogP contribution >= 0.6 is 0 Å². The van der Waals surface area contributed by atoms with Gasteiger partial charge in [-0.3, -0.25) is 0 Å². The van der Waals surface area contributed by atoms with Gasteiger partial charge in [0, 0.05) is 6.54 Å². The molecule has 2 aromatic rings. The maximum atomic E-state index is 10.5. The molecule has 2 rings (SSSR count). The quantitative estimate of drug-likeness (QED) is 0.877. The summed E-state index contributed by atoms with van der Waals surface area (Å²) in [6.07, 6.45) is -0.307. The van der Waals surface area contributed by atoms with Crippen molar-refractivity contribution in [1.82, 2.24) is 5.32 Å². The standard InChI is InChI=1S/C16H19NO3/c1-11(2)20-15-10-13-6-4-3-5-12(13)9-14(15)7-8-17-16(18)19/h3-6,9-11,17H,7-8H2,1-2H3,(H,18,19). The van der Waals surface area contributed by atoms with Crippen LogP contribution in [0.2, 0.25) is 0 Å². The fourth-order valence-electron chi connectivity index (χ4n) is 2.13. The van der Waals surface area contributed by atoms with Gasteiger partial charge in [0.05, 0.1) is 6.10 Å². The van der Waals surface area contributed by atoms with Crippen molar-refractivity contribution >= 4 is 16.9 Å². The summed E-state index contributed by atoms with van der Waals surface area (Å²) < 4.78 is 5.84. The van der Waals surface area contributed by atoms with Gasteiger partial charge in [0.15, 0.2) is 0 Å². The number of nitrogens with one attached hydrogen (secondary N) is 1. The highest BCUT2D eigenvalue weighted by molar-refractivity contribution is 5.85. The largest absolute Gasteiger partial charge is 0.491 e. The van der Waals surface area contributed by atoms with Gasteiger partial charge in [-0.25, -0.2) is 4.79 Å². The van der Waals surface area contributed by atoms with Crippen LogP contribution in [0, 0.1) is 0 Å². The number of hydrogen-bond acceptors (Lipinski definition) is 2. The van der Waals surface area contributed by atoms with E-state index in [1.54, 1.807) is 0 Å². The summed E-state index contributed by atoms with van der Waals surface area (Å²) in [5.41, 5.74) is 1.02. The van der Waals surface area contributed by atoms with Gasteiger partial charge >= 0.3 is 6.09 Å². The molecule has 0 radical (unpaired) electrons. The summed E-state index contributed by atoms with van der Waals surface area (Å²) in [6.45, 7) is 4.34. The monoisotopic (exact) mass is 273 g/mol. The molecule has 0 aromatic heterocycles. The van der Waals surface area contributed by atoms with E-state index < -0.39 is 6.09 Å². The fourth-order valence-corrected chi connectivity index (χ4v) is 2.13. The van der Waals surface area contributed by atoms with Crippen molar-refractivity contribution in [3.63, 3.8) is 0 Å². The highest BCUT2D eigenvalue weighted by atomic mass is 16.5. The molecule has 4 heteroatoms. The van der Waals surface area contributed by atoms with Crippen LogP contribution in [0.15, 0.2) is 36.4 Å². The zero-order chi connectivity index (χ0) is 14.5. The number of carbonyl (C=O) groups is 1. The second-order valence-corrected chi connectivity index (χ2v) is 4.96. The van der Waals surface area contributed by atoms with E-state index in [0.717, 1.165) is 22.1 Å². The second-order valence-electron chi connectivity index (χ2n) is 4.96. The van der Waals surface area contributed by atoms with Crippen LogP contribution in [0.4, 0.5) is 4.79 Å². The van der Waals surface area contributed by atoms with E-state index in [-0.39, 0.29) is 6.10 Å². The highest BCUT2D eigenvalue weighted by Crippen LogP contribution is 2.27. The zero-order valence-corrected chi connectivity index (χ0v) is 11.7. The molecular formula is C16H19NO3. The van der Waals surface area contributed by atoms with Gasteiger partial charge in [-0.1, -0.05) is 24.3 Å². The molecule has 0 saturated heterocycles. The summed E-state index contributed by atoms with van der Waals surface area (Å²) >= 11 is 0. The lowest BCUT2D eigenvalue weighted by Gasteiger charge is -2.15. The number of rotatable bonds is 5. The van der Waals surface area contributed by atoms with Crippen LogP contribution in [0.3, 0.4) is 0 Å². The highest BCUT2D eigenvalue weighted by Gasteiger charge is 2.08. The lowest BCUT2D eigenvalue weighted by Crippen LogP contribution is -2.23. The summed E-state index contributed by atoms with van der Waals surface area (Å²) in [6, 6.07) is 12.2. The van der Waals surface area contributed by atoms with Crippen LogP contribution in [-0.4, -0.2) is 23.8 Å². The van der Waals surface area contributed by atoms with Gasteiger partial charge < -0.3 is 15.2 Å². The molecule has 0 spiro atoms. The number of fused-ring (bicyclic) bond motifs is 1. The third-order valence-corrected chi connectivity index (χ3v) is 2.96. The van der Waals surface area contributed by atoms with Crippen LogP contribution in [0.5, 0.6) is 5.75 Å². The molecule has 0 saturated carbocycles. The molecule has 0 bridgehead atoms. The van der Waals surface area contributed by atoms with Crippen molar-refractivity contribution in [3.05, 3.63) is 42.0 Å². The van der Waals surface area contributed by atoms with Gasteiger partial charge in [0.2, 0.25) is 0 Å². The molecule has 2 N–H and O–H groups in total. The smallest absolute Gasteiger partial charge is 0.404 e. The van der Waals surface area contributed by atoms with Crippen LogP contribution in [-0.2, 0) is 6.42 Å². The lowest BCUT2D eigenvalue weighted by molar-refractivity contribution is 0.194. The van der Waals surface area contributed by atoms with E-state index in [2.05, 4.69) is 11.4 Å². The molecule has 0 atom stereocenters. The van der Waals surface area contributed by atoms with E-state index in [1.807, 2.05) is 44.2 Å². The first-order chi connectivity index (χ1) is 9.56. The Morgan fingerprint density at radius 2 is 1.90 bits per heavy atom. The molecule has 4 nitrogen and oxygen atoms in total. The van der Waals surface area contributed by atoms with Gasteiger partial charge in [0.1, 0.15) is 5.75 Å². The predicted molar refractivity (Wildman–Crippen MR) is 79.4 cm³/mol. The third-order valence-electron chi connectivity index (χ3n) is 2.96. The number of ether oxygens (including phenoxy) is 1. The van der Waals surface area contributed by atoms with Crippen LogP contribution < -0.4 is 10.1 Å². The van der Waals surface area contributed by atoms with E-state index in [9.17, 15) is 4.79 Å². The summed E-state index contributed by atoms with van der Waals surface area (Å²) in [4.78, 5) is 10.5. The third kappa shape index (κ3) is 3.63. The van der Waals surface area contributed by atoms with E-state index >= 15 is 0 Å². The van der Waals surface area contributed by atoms with E-state index in [0.29, 0.717) is 13.0 Å². The minimum absolute atomic E-state index is 0.0855. The Morgan fingerprint density at radius 1 is 1.25 bits per heavy atom. The maximum Gasteiger partial charge on any atom is 0.404 e. The maximum absolute atomic E-state index is 10.5. The van der Waals surface area contributed by atoms with Crippen molar-refractivity contribution in [2.24, 2.45) is 0 Å². The van der Waals surface area contributed by atoms with E-state index in [4.69, 9.17) is 9.84 Å². The van der Waals surface area contributed by atoms with Crippen molar-refractivity contribution in [2.45, 2.75) is 26.4 Å². The predicted octanol–water partition coefficient (Wildman–Crippen LogP) is 3.44. The van der Waals surface area contributed by atoms with Crippen molar-refractivity contribution in [3.8, 4) is 5.75 Å². The Kier molecular flexibility index (Phi) is 4.45. The van der Waals surface area contributed by atoms with Crippen molar-refractivity contribution in [2.75, 3.05) is 6.54 Å². The topological polar surface area (TPSA) is 58.6 Å². The number of benzene rings is 2. The zero-order valence-electron chi connectivity index (χ0n) is 11.7. The Hall–Kier alpha value is -2.23. The normalized spacial score (nSPS) is 10.8. The van der Waals surface area contributed by atoms with E-state index in [1.165, 1.54) is 0 Å². The Balaban J connectivity index is 2.30. The summed E-state index contributed by atoms with van der Waals surface area (Å²) in [7, 11) is 0. The molecule has 0 aliphatic carbocycles. The first-order valence-corrected chi connectivity index (χ1v) is 6.71. The molecule has 2 aromatic carbocycles. The second kappa shape index (κ2) is 6.28. The molecular weight excluding hydrogens is 254 g/mol. The van der Waals surface area contributed by atoms with Gasteiger partial charge in [-0.15, -0.1) is 0 Å². The average molecular weight is 273 g/mol.